The Morgan fingerprint density at radius 3 is 2.20 bits per heavy atom. The van der Waals surface area contributed by atoms with Gasteiger partial charge in [0.2, 0.25) is 0 Å². The van der Waals surface area contributed by atoms with Crippen molar-refractivity contribution >= 4 is 5.97 Å². The van der Waals surface area contributed by atoms with Crippen LogP contribution < -0.4 is 4.74 Å². The van der Waals surface area contributed by atoms with Gasteiger partial charge in [0.25, 0.3) is 0 Å². The Bertz CT molecular complexity index is 1380. The fourth-order valence-corrected chi connectivity index (χ4v) is 7.93. The van der Waals surface area contributed by atoms with Crippen molar-refractivity contribution in [3.8, 4) is 5.75 Å². The van der Waals surface area contributed by atoms with E-state index in [2.05, 4.69) is 0 Å². The molecule has 2 saturated heterocycles. The molecule has 2 unspecified atom stereocenters. The molecule has 44 heavy (non-hydrogen) atoms. The molecular weight excluding hydrogens is 588 g/mol. The average Bonchev–Trinajstić information content (AvgIpc) is 3.79. The monoisotopic (exact) mass is 625 g/mol. The number of benzene rings is 2. The highest BCUT2D eigenvalue weighted by atomic mass is 19.4. The first-order chi connectivity index (χ1) is 20.7. The number of aliphatic carboxylic acids is 1. The van der Waals surface area contributed by atoms with E-state index in [1.165, 1.54) is 0 Å². The summed E-state index contributed by atoms with van der Waals surface area (Å²) in [6, 6.07) is 6.85. The van der Waals surface area contributed by atoms with Crippen molar-refractivity contribution in [3.05, 3.63) is 64.2 Å². The number of rotatable bonds is 7. The van der Waals surface area contributed by atoms with Gasteiger partial charge in [-0.25, -0.2) is 0 Å². The molecule has 2 aromatic carbocycles. The molecule has 6 rings (SSSR count). The zero-order valence-electron chi connectivity index (χ0n) is 24.6. The van der Waals surface area contributed by atoms with Crippen LogP contribution in [0.15, 0.2) is 36.4 Å². The zero-order chi connectivity index (χ0) is 31.6. The van der Waals surface area contributed by atoms with E-state index in [1.807, 2.05) is 23.1 Å². The summed E-state index contributed by atoms with van der Waals surface area (Å²) in [5, 5.41) is 9.72. The summed E-state index contributed by atoms with van der Waals surface area (Å²) in [5.74, 6) is -0.373. The predicted molar refractivity (Wildman–Crippen MR) is 149 cm³/mol. The van der Waals surface area contributed by atoms with Crippen LogP contribution in [0.25, 0.3) is 0 Å². The van der Waals surface area contributed by atoms with Gasteiger partial charge >= 0.3 is 18.3 Å². The van der Waals surface area contributed by atoms with Crippen molar-refractivity contribution in [1.82, 2.24) is 4.90 Å². The van der Waals surface area contributed by atoms with Gasteiger partial charge in [0.05, 0.1) is 30.3 Å². The normalized spacial score (nSPS) is 28.0. The lowest BCUT2D eigenvalue weighted by molar-refractivity contribution is -0.143. The summed E-state index contributed by atoms with van der Waals surface area (Å²) in [4.78, 5) is 13.7. The van der Waals surface area contributed by atoms with Gasteiger partial charge in [-0.2, -0.15) is 26.3 Å². The molecule has 2 bridgehead atoms. The van der Waals surface area contributed by atoms with Gasteiger partial charge in [0, 0.05) is 36.9 Å². The van der Waals surface area contributed by atoms with Crippen molar-refractivity contribution in [2.45, 2.75) is 69.9 Å². The van der Waals surface area contributed by atoms with Crippen molar-refractivity contribution in [2.24, 2.45) is 29.6 Å². The summed E-state index contributed by atoms with van der Waals surface area (Å²) in [6.45, 7) is 4.84. The van der Waals surface area contributed by atoms with Gasteiger partial charge in [0.1, 0.15) is 11.9 Å². The number of hydrogen-bond donors (Lipinski definition) is 1. The number of halogens is 6. The Balaban J connectivity index is 1.22. The number of nitrogens with zero attached hydrogens (tertiary/aromatic N) is 1. The second kappa shape index (κ2) is 11.5. The summed E-state index contributed by atoms with van der Waals surface area (Å²) < 4.78 is 94.7. The Morgan fingerprint density at radius 2 is 1.61 bits per heavy atom. The summed E-state index contributed by atoms with van der Waals surface area (Å²) in [7, 11) is 0. The minimum atomic E-state index is -4.78. The molecule has 0 spiro atoms. The Kier molecular flexibility index (Phi) is 8.18. The number of aryl methyl sites for hydroxylation is 1. The van der Waals surface area contributed by atoms with E-state index in [-0.39, 0.29) is 35.3 Å². The Labute approximate surface area is 252 Å². The van der Waals surface area contributed by atoms with Gasteiger partial charge < -0.3 is 14.6 Å². The van der Waals surface area contributed by atoms with E-state index < -0.39 is 41.4 Å². The van der Waals surface area contributed by atoms with Crippen molar-refractivity contribution in [1.29, 1.82) is 0 Å². The first-order valence-electron chi connectivity index (χ1n) is 15.3. The highest BCUT2D eigenvalue weighted by Crippen LogP contribution is 2.49. The fourth-order valence-electron chi connectivity index (χ4n) is 7.93. The molecule has 0 radical (unpaired) electrons. The van der Waals surface area contributed by atoms with E-state index in [4.69, 9.17) is 9.47 Å². The molecular formula is C33H37F6NO4. The zero-order valence-corrected chi connectivity index (χ0v) is 24.6. The molecule has 1 N–H and O–H groups in total. The average molecular weight is 626 g/mol. The number of piperidine rings is 1. The fraction of sp³-hybridized carbons (Fsp3) is 0.606. The highest BCUT2D eigenvalue weighted by molar-refractivity contribution is 5.71. The number of carboxylic acid groups (broad SMARTS) is 1. The highest BCUT2D eigenvalue weighted by Gasteiger charge is 2.48. The van der Waals surface area contributed by atoms with E-state index >= 15 is 0 Å². The maximum Gasteiger partial charge on any atom is 0.416 e. The number of alkyl halides is 6. The molecule has 7 atom stereocenters. The molecule has 240 valence electrons. The molecule has 3 heterocycles. The Hall–Kier alpha value is -2.79. The first kappa shape index (κ1) is 31.2. The topological polar surface area (TPSA) is 59.0 Å². The molecule has 4 aliphatic rings. The van der Waals surface area contributed by atoms with Crippen LogP contribution in [0.5, 0.6) is 5.75 Å². The number of fused-ring (bicyclic) bond motifs is 3. The lowest BCUT2D eigenvalue weighted by Crippen LogP contribution is -2.57. The predicted octanol–water partition coefficient (Wildman–Crippen LogP) is 7.59. The van der Waals surface area contributed by atoms with Crippen LogP contribution in [0, 0.1) is 29.6 Å². The number of carboxylic acids is 1. The molecule has 5 nitrogen and oxygen atoms in total. The number of ether oxygens (including phenoxy) is 2. The van der Waals surface area contributed by atoms with Crippen LogP contribution in [0.2, 0.25) is 0 Å². The summed E-state index contributed by atoms with van der Waals surface area (Å²) in [6.07, 6.45) is -6.11. The van der Waals surface area contributed by atoms with Crippen LogP contribution in [0.1, 0.15) is 72.9 Å². The lowest BCUT2D eigenvalue weighted by atomic mass is 9.71. The molecule has 0 amide bonds. The van der Waals surface area contributed by atoms with Gasteiger partial charge in [-0.15, -0.1) is 0 Å². The molecule has 2 aromatic rings. The number of hydrogen-bond acceptors (Lipinski definition) is 4. The number of likely N-dealkylation sites (tertiary alicyclic amines) is 1. The van der Waals surface area contributed by atoms with Crippen LogP contribution in [-0.2, 0) is 28.3 Å². The standard InChI is InChI=1S/C33H37F6NO4/c1-17(31(41)42)29(20-4-5-20)21-6-3-19-7-10-27(44-28(19)11-21)30-22-13-40(14-23(30)16-43-15-22)18(2)25-12-24(32(34,35)36)8-9-26(25)33(37,38)39/h3,6,8-9,11-12,17-18,20,22-23,27,29-30H,4-5,7,10,13-16H2,1-2H3,(H,41,42)/t17-,18+,22-,23+,27?,29-,30?/m0/s1. The second-order valence-electron chi connectivity index (χ2n) is 13.1. The van der Waals surface area contributed by atoms with Gasteiger partial charge in [-0.05, 0) is 85.4 Å². The quantitative estimate of drug-likeness (QED) is 0.322. The van der Waals surface area contributed by atoms with E-state index in [0.717, 1.165) is 42.6 Å². The maximum atomic E-state index is 13.9. The third kappa shape index (κ3) is 6.06. The third-order valence-corrected chi connectivity index (χ3v) is 10.3. The van der Waals surface area contributed by atoms with Crippen LogP contribution in [0.4, 0.5) is 26.3 Å². The molecule has 11 heteroatoms. The Morgan fingerprint density at radius 1 is 0.932 bits per heavy atom. The minimum Gasteiger partial charge on any atom is -0.490 e. The van der Waals surface area contributed by atoms with Crippen molar-refractivity contribution < 1.29 is 45.7 Å². The summed E-state index contributed by atoms with van der Waals surface area (Å²) in [5.41, 5.74) is -0.483. The first-order valence-corrected chi connectivity index (χ1v) is 15.3. The smallest absolute Gasteiger partial charge is 0.416 e. The van der Waals surface area contributed by atoms with Gasteiger partial charge in [-0.1, -0.05) is 19.1 Å². The second-order valence-corrected chi connectivity index (χ2v) is 13.1. The van der Waals surface area contributed by atoms with Crippen molar-refractivity contribution in [2.75, 3.05) is 26.3 Å². The SMILES string of the molecule is C[C@H](C(=O)O)[C@H](c1ccc2c(c1)OC(C1[C@@H]3COC[C@H]1CN([C@H](C)c1cc(C(F)(F)F)ccc1C(F)(F)F)C3)CC2)C1CC1. The van der Waals surface area contributed by atoms with E-state index in [9.17, 15) is 36.2 Å². The summed E-state index contributed by atoms with van der Waals surface area (Å²) >= 11 is 0. The molecule has 0 aromatic heterocycles. The van der Waals surface area contributed by atoms with Crippen LogP contribution in [0.3, 0.4) is 0 Å². The van der Waals surface area contributed by atoms with E-state index in [1.54, 1.807) is 13.8 Å². The molecule has 3 aliphatic heterocycles. The lowest BCUT2D eigenvalue weighted by Gasteiger charge is -2.51. The van der Waals surface area contributed by atoms with Gasteiger partial charge in [0.15, 0.2) is 0 Å². The third-order valence-electron chi connectivity index (χ3n) is 10.3. The van der Waals surface area contributed by atoms with Gasteiger partial charge in [-0.3, -0.25) is 9.69 Å². The molecule has 1 saturated carbocycles. The van der Waals surface area contributed by atoms with E-state index in [0.29, 0.717) is 50.4 Å². The molecule has 1 aliphatic carbocycles. The largest absolute Gasteiger partial charge is 0.490 e. The maximum absolute atomic E-state index is 13.9. The molecule has 3 fully saturated rings. The van der Waals surface area contributed by atoms with Crippen LogP contribution in [-0.4, -0.2) is 48.4 Å². The number of carbonyl (C=O) groups is 1. The van der Waals surface area contributed by atoms with Crippen molar-refractivity contribution in [3.63, 3.8) is 0 Å². The van der Waals surface area contributed by atoms with Crippen LogP contribution >= 0.6 is 0 Å². The minimum absolute atomic E-state index is 0.0638.